The number of esters is 2. The van der Waals surface area contributed by atoms with E-state index in [1.54, 1.807) is 19.1 Å². The summed E-state index contributed by atoms with van der Waals surface area (Å²) < 4.78 is 10.7. The molecular weight excluding hydrogens is 432 g/mol. The summed E-state index contributed by atoms with van der Waals surface area (Å²) in [7, 11) is 0. The molecule has 172 valence electrons. The second-order valence-electron chi connectivity index (χ2n) is 7.87. The highest BCUT2D eigenvalue weighted by Crippen LogP contribution is 2.35. The van der Waals surface area contributed by atoms with Gasteiger partial charge >= 0.3 is 11.9 Å². The fourth-order valence-electron chi connectivity index (χ4n) is 3.66. The Hall–Kier alpha value is -4.08. The van der Waals surface area contributed by atoms with Gasteiger partial charge in [-0.05, 0) is 56.2 Å². The second-order valence-corrected chi connectivity index (χ2v) is 7.87. The number of rotatable bonds is 7. The Balaban J connectivity index is 1.59. The third kappa shape index (κ3) is 6.00. The van der Waals surface area contributed by atoms with Gasteiger partial charge in [0.05, 0.1) is 21.5 Å². The number of hydrogen-bond acceptors (Lipinski definition) is 8. The van der Waals surface area contributed by atoms with E-state index in [4.69, 9.17) is 9.47 Å². The SMILES string of the molecule is C=C(C)C(=O)Oc1ccc(C2CCC(OC(=O)c3cc([N+](=O)[O-])cc([N+](=O)[O-])c3)CC2)cc1. The van der Waals surface area contributed by atoms with Crippen LogP contribution in [0.2, 0.25) is 0 Å². The first-order chi connectivity index (χ1) is 15.6. The fraction of sp³-hybridized carbons (Fsp3) is 0.304. The summed E-state index contributed by atoms with van der Waals surface area (Å²) in [6, 6.07) is 9.97. The van der Waals surface area contributed by atoms with Crippen LogP contribution in [0.4, 0.5) is 11.4 Å². The zero-order valence-electron chi connectivity index (χ0n) is 17.9. The minimum absolute atomic E-state index is 0.224. The molecule has 0 amide bonds. The first kappa shape index (κ1) is 23.6. The van der Waals surface area contributed by atoms with Crippen LogP contribution in [0.5, 0.6) is 5.75 Å². The number of carbonyl (C=O) groups is 2. The lowest BCUT2D eigenvalue weighted by Crippen LogP contribution is -2.24. The molecule has 0 aromatic heterocycles. The Labute approximate surface area is 189 Å². The number of benzene rings is 2. The Morgan fingerprint density at radius 2 is 1.48 bits per heavy atom. The average Bonchev–Trinajstić information content (AvgIpc) is 2.79. The summed E-state index contributed by atoms with van der Waals surface area (Å²) >= 11 is 0. The van der Waals surface area contributed by atoms with Crippen molar-refractivity contribution < 1.29 is 28.9 Å². The predicted molar refractivity (Wildman–Crippen MR) is 117 cm³/mol. The second kappa shape index (κ2) is 10.0. The minimum atomic E-state index is -0.825. The van der Waals surface area contributed by atoms with Crippen LogP contribution in [0.15, 0.2) is 54.6 Å². The fourth-order valence-corrected chi connectivity index (χ4v) is 3.66. The van der Waals surface area contributed by atoms with E-state index in [2.05, 4.69) is 6.58 Å². The molecule has 0 saturated heterocycles. The number of hydrogen-bond donors (Lipinski definition) is 0. The highest BCUT2D eigenvalue weighted by molar-refractivity contribution is 5.91. The van der Waals surface area contributed by atoms with Gasteiger partial charge in [-0.15, -0.1) is 0 Å². The summed E-state index contributed by atoms with van der Waals surface area (Å²) in [5.74, 6) is -0.641. The molecule has 1 aliphatic rings. The number of ether oxygens (including phenoxy) is 2. The van der Waals surface area contributed by atoms with E-state index in [9.17, 15) is 29.8 Å². The van der Waals surface area contributed by atoms with Gasteiger partial charge in [0.1, 0.15) is 11.9 Å². The van der Waals surface area contributed by atoms with E-state index in [-0.39, 0.29) is 17.6 Å². The van der Waals surface area contributed by atoms with Crippen LogP contribution in [-0.4, -0.2) is 27.9 Å². The number of nitrogens with zero attached hydrogens (tertiary/aromatic N) is 2. The van der Waals surface area contributed by atoms with Crippen molar-refractivity contribution >= 4 is 23.3 Å². The third-order valence-electron chi connectivity index (χ3n) is 5.42. The lowest BCUT2D eigenvalue weighted by atomic mass is 9.83. The highest BCUT2D eigenvalue weighted by atomic mass is 16.6. The van der Waals surface area contributed by atoms with Crippen LogP contribution in [0, 0.1) is 20.2 Å². The van der Waals surface area contributed by atoms with Gasteiger partial charge in [0.2, 0.25) is 0 Å². The van der Waals surface area contributed by atoms with Crippen molar-refractivity contribution in [3.63, 3.8) is 0 Å². The Morgan fingerprint density at radius 1 is 0.939 bits per heavy atom. The van der Waals surface area contributed by atoms with Crippen molar-refractivity contribution in [2.45, 2.75) is 44.6 Å². The van der Waals surface area contributed by atoms with Crippen molar-refractivity contribution in [2.24, 2.45) is 0 Å². The van der Waals surface area contributed by atoms with Crippen LogP contribution in [0.25, 0.3) is 0 Å². The van der Waals surface area contributed by atoms with Crippen LogP contribution in [0.3, 0.4) is 0 Å². The summed E-state index contributed by atoms with van der Waals surface area (Å²) in [4.78, 5) is 44.5. The topological polar surface area (TPSA) is 139 Å². The maximum absolute atomic E-state index is 12.5. The van der Waals surface area contributed by atoms with E-state index in [1.807, 2.05) is 12.1 Å². The molecule has 0 heterocycles. The normalized spacial score (nSPS) is 17.6. The first-order valence-electron chi connectivity index (χ1n) is 10.3. The molecule has 2 aromatic rings. The van der Waals surface area contributed by atoms with Crippen LogP contribution in [-0.2, 0) is 9.53 Å². The van der Waals surface area contributed by atoms with E-state index in [0.717, 1.165) is 36.6 Å². The third-order valence-corrected chi connectivity index (χ3v) is 5.42. The van der Waals surface area contributed by atoms with Crippen molar-refractivity contribution in [1.29, 1.82) is 0 Å². The molecule has 0 atom stereocenters. The van der Waals surface area contributed by atoms with Gasteiger partial charge in [-0.3, -0.25) is 20.2 Å². The quantitative estimate of drug-likeness (QED) is 0.190. The van der Waals surface area contributed by atoms with E-state index in [1.165, 1.54) is 0 Å². The number of nitro groups is 2. The molecule has 1 saturated carbocycles. The number of non-ortho nitro benzene ring substituents is 2. The molecule has 10 heteroatoms. The molecule has 0 spiro atoms. The van der Waals surface area contributed by atoms with E-state index < -0.39 is 33.2 Å². The molecule has 0 N–H and O–H groups in total. The van der Waals surface area contributed by atoms with Crippen molar-refractivity contribution in [2.75, 3.05) is 0 Å². The van der Waals surface area contributed by atoms with Gasteiger partial charge in [-0.25, -0.2) is 9.59 Å². The predicted octanol–water partition coefficient (Wildman–Crippen LogP) is 4.87. The standard InChI is InChI=1S/C23H22N2O8/c1-14(2)22(26)32-20-7-3-15(4-8-20)16-5-9-21(10-6-16)33-23(27)17-11-18(24(28)29)13-19(12-17)25(30)31/h3-4,7-8,11-13,16,21H,1,5-6,9-10H2,2H3. The minimum Gasteiger partial charge on any atom is -0.459 e. The Morgan fingerprint density at radius 3 is 1.97 bits per heavy atom. The van der Waals surface area contributed by atoms with Gasteiger partial charge in [-0.1, -0.05) is 18.7 Å². The summed E-state index contributed by atoms with van der Waals surface area (Å²) in [5.41, 5.74) is 0.0725. The lowest BCUT2D eigenvalue weighted by Gasteiger charge is -2.28. The molecule has 10 nitrogen and oxygen atoms in total. The highest BCUT2D eigenvalue weighted by Gasteiger charge is 2.27. The molecule has 0 unspecified atom stereocenters. The Kier molecular flexibility index (Phi) is 7.17. The van der Waals surface area contributed by atoms with Crippen molar-refractivity contribution in [3.05, 3.63) is 86.0 Å². The van der Waals surface area contributed by atoms with Gasteiger partial charge in [-0.2, -0.15) is 0 Å². The zero-order chi connectivity index (χ0) is 24.1. The molecule has 0 aliphatic heterocycles. The van der Waals surface area contributed by atoms with Gasteiger partial charge in [0.25, 0.3) is 11.4 Å². The maximum Gasteiger partial charge on any atom is 0.338 e. The molecule has 0 radical (unpaired) electrons. The van der Waals surface area contributed by atoms with E-state index in [0.29, 0.717) is 24.2 Å². The van der Waals surface area contributed by atoms with E-state index >= 15 is 0 Å². The molecular formula is C23H22N2O8. The zero-order valence-corrected chi connectivity index (χ0v) is 17.9. The molecule has 1 fully saturated rings. The van der Waals surface area contributed by atoms with Crippen molar-refractivity contribution in [3.8, 4) is 5.75 Å². The molecule has 3 rings (SSSR count). The van der Waals surface area contributed by atoms with Gasteiger partial charge in [0.15, 0.2) is 0 Å². The smallest absolute Gasteiger partial charge is 0.338 e. The van der Waals surface area contributed by atoms with Crippen LogP contribution >= 0.6 is 0 Å². The molecule has 0 bridgehead atoms. The van der Waals surface area contributed by atoms with Gasteiger partial charge in [0, 0.05) is 17.7 Å². The van der Waals surface area contributed by atoms with Crippen LogP contribution in [0.1, 0.15) is 54.4 Å². The summed E-state index contributed by atoms with van der Waals surface area (Å²) in [5, 5.41) is 22.0. The molecule has 2 aromatic carbocycles. The number of carbonyl (C=O) groups excluding carboxylic acids is 2. The molecule has 1 aliphatic carbocycles. The monoisotopic (exact) mass is 454 g/mol. The maximum atomic E-state index is 12.5. The molecule has 33 heavy (non-hydrogen) atoms. The largest absolute Gasteiger partial charge is 0.459 e. The Bertz CT molecular complexity index is 1070. The van der Waals surface area contributed by atoms with Crippen molar-refractivity contribution in [1.82, 2.24) is 0 Å². The first-order valence-corrected chi connectivity index (χ1v) is 10.3. The number of nitro benzene ring substituents is 2. The van der Waals surface area contributed by atoms with Gasteiger partial charge < -0.3 is 9.47 Å². The summed E-state index contributed by atoms with van der Waals surface area (Å²) in [6.07, 6.45) is 2.28. The van der Waals surface area contributed by atoms with Crippen LogP contribution < -0.4 is 4.74 Å². The average molecular weight is 454 g/mol. The summed E-state index contributed by atoms with van der Waals surface area (Å²) in [6.45, 7) is 5.11. The lowest BCUT2D eigenvalue weighted by molar-refractivity contribution is -0.394.